The number of aryl methyl sites for hydroxylation is 1. The lowest BCUT2D eigenvalue weighted by Crippen LogP contribution is -2.46. The summed E-state index contributed by atoms with van der Waals surface area (Å²) in [5.74, 6) is 0.862. The van der Waals surface area contributed by atoms with E-state index in [0.717, 1.165) is 49.3 Å². The first-order chi connectivity index (χ1) is 10.1. The summed E-state index contributed by atoms with van der Waals surface area (Å²) in [7, 11) is 1.81. The Morgan fingerprint density at radius 1 is 1.38 bits per heavy atom. The van der Waals surface area contributed by atoms with Gasteiger partial charge in [-0.25, -0.2) is 4.98 Å². The van der Waals surface area contributed by atoms with Crippen LogP contribution in [0.4, 0.5) is 0 Å². The second-order valence-corrected chi connectivity index (χ2v) is 6.12. The maximum atomic E-state index is 4.46. The molecule has 0 saturated heterocycles. The second-order valence-electron chi connectivity index (χ2n) is 5.06. The fourth-order valence-corrected chi connectivity index (χ4v) is 2.92. The number of aromatic nitrogens is 1. The molecule has 1 atom stereocenters. The van der Waals surface area contributed by atoms with Crippen LogP contribution in [0.3, 0.4) is 0 Å². The number of nitrogens with zero attached hydrogens (tertiary/aromatic N) is 3. The quantitative estimate of drug-likeness (QED) is 0.569. The van der Waals surface area contributed by atoms with Crippen LogP contribution in [0.25, 0.3) is 0 Å². The molecule has 0 aliphatic carbocycles. The molecule has 1 rings (SSSR count). The van der Waals surface area contributed by atoms with Crippen LogP contribution in [0.15, 0.2) is 10.4 Å². The van der Waals surface area contributed by atoms with Gasteiger partial charge >= 0.3 is 0 Å². The van der Waals surface area contributed by atoms with E-state index in [9.17, 15) is 0 Å². The third-order valence-electron chi connectivity index (χ3n) is 3.56. The summed E-state index contributed by atoms with van der Waals surface area (Å²) in [6, 6.07) is 0.500. The first kappa shape index (κ1) is 17.9. The normalized spacial score (nSPS) is 13.5. The minimum atomic E-state index is 0.500. The molecule has 1 aromatic rings. The summed E-state index contributed by atoms with van der Waals surface area (Å²) >= 11 is 1.70. The lowest BCUT2D eigenvalue weighted by Gasteiger charge is -2.27. The Kier molecular flexibility index (Phi) is 8.30. The van der Waals surface area contributed by atoms with E-state index in [-0.39, 0.29) is 0 Å². The highest BCUT2D eigenvalue weighted by Gasteiger charge is 2.10. The van der Waals surface area contributed by atoms with Gasteiger partial charge in [-0.15, -0.1) is 11.3 Å². The molecule has 1 unspecified atom stereocenters. The van der Waals surface area contributed by atoms with Crippen molar-refractivity contribution in [3.63, 3.8) is 0 Å². The third-order valence-corrected chi connectivity index (χ3v) is 4.39. The van der Waals surface area contributed by atoms with Crippen molar-refractivity contribution in [3.05, 3.63) is 16.1 Å². The number of thiazole rings is 1. The van der Waals surface area contributed by atoms with Crippen LogP contribution in [-0.4, -0.2) is 55.1 Å². The predicted octanol–water partition coefficient (Wildman–Crippen LogP) is 1.89. The van der Waals surface area contributed by atoms with Gasteiger partial charge in [-0.2, -0.15) is 0 Å². The van der Waals surface area contributed by atoms with E-state index in [1.807, 2.05) is 14.0 Å². The van der Waals surface area contributed by atoms with Crippen LogP contribution in [0.2, 0.25) is 0 Å². The first-order valence-corrected chi connectivity index (χ1v) is 8.58. The highest BCUT2D eigenvalue weighted by Crippen LogP contribution is 2.07. The predicted molar refractivity (Wildman–Crippen MR) is 92.3 cm³/mol. The summed E-state index contributed by atoms with van der Waals surface area (Å²) in [4.78, 5) is 11.2. The zero-order chi connectivity index (χ0) is 15.7. The number of hydrogen-bond acceptors (Lipinski definition) is 4. The summed E-state index contributed by atoms with van der Waals surface area (Å²) in [6.45, 7) is 12.6. The van der Waals surface area contributed by atoms with E-state index in [4.69, 9.17) is 0 Å². The van der Waals surface area contributed by atoms with Crippen LogP contribution in [0.1, 0.15) is 31.5 Å². The molecule has 0 fully saturated rings. The number of aliphatic imine (C=N–C) groups is 1. The summed E-state index contributed by atoms with van der Waals surface area (Å²) in [5, 5.41) is 9.98. The van der Waals surface area contributed by atoms with Crippen molar-refractivity contribution in [2.45, 2.75) is 40.2 Å². The van der Waals surface area contributed by atoms with E-state index in [2.05, 4.69) is 51.7 Å². The summed E-state index contributed by atoms with van der Waals surface area (Å²) < 4.78 is 0. The van der Waals surface area contributed by atoms with E-state index < -0.39 is 0 Å². The molecule has 0 radical (unpaired) electrons. The van der Waals surface area contributed by atoms with Gasteiger partial charge in [-0.05, 0) is 26.9 Å². The molecule has 0 amide bonds. The Morgan fingerprint density at radius 3 is 2.62 bits per heavy atom. The molecular weight excluding hydrogens is 282 g/mol. The fraction of sp³-hybridized carbons (Fsp3) is 0.733. The number of hydrogen-bond donors (Lipinski definition) is 2. The van der Waals surface area contributed by atoms with Crippen LogP contribution >= 0.6 is 11.3 Å². The number of rotatable bonds is 8. The van der Waals surface area contributed by atoms with Gasteiger partial charge < -0.3 is 10.6 Å². The van der Waals surface area contributed by atoms with Gasteiger partial charge in [0.15, 0.2) is 5.96 Å². The third kappa shape index (κ3) is 6.44. The second kappa shape index (κ2) is 9.73. The number of likely N-dealkylation sites (N-methyl/N-ethyl adjacent to an activating group) is 1. The summed E-state index contributed by atoms with van der Waals surface area (Å²) in [6.07, 6.45) is 0.927. The van der Waals surface area contributed by atoms with Crippen LogP contribution in [-0.2, 0) is 6.42 Å². The molecule has 2 N–H and O–H groups in total. The Hall–Kier alpha value is -1.14. The van der Waals surface area contributed by atoms with E-state index in [0.29, 0.717) is 6.04 Å². The van der Waals surface area contributed by atoms with Gasteiger partial charge in [0.25, 0.3) is 0 Å². The van der Waals surface area contributed by atoms with Crippen molar-refractivity contribution in [2.75, 3.05) is 33.2 Å². The maximum Gasteiger partial charge on any atom is 0.191 e. The monoisotopic (exact) mass is 311 g/mol. The molecular formula is C15H29N5S. The zero-order valence-electron chi connectivity index (χ0n) is 13.9. The molecule has 6 heteroatoms. The van der Waals surface area contributed by atoms with E-state index >= 15 is 0 Å². The van der Waals surface area contributed by atoms with Gasteiger partial charge in [-0.3, -0.25) is 9.89 Å². The van der Waals surface area contributed by atoms with Crippen molar-refractivity contribution >= 4 is 17.3 Å². The van der Waals surface area contributed by atoms with Crippen molar-refractivity contribution in [1.29, 1.82) is 0 Å². The maximum absolute atomic E-state index is 4.46. The minimum Gasteiger partial charge on any atom is -0.356 e. The highest BCUT2D eigenvalue weighted by atomic mass is 32.1. The molecule has 0 aliphatic heterocycles. The largest absolute Gasteiger partial charge is 0.356 e. The van der Waals surface area contributed by atoms with E-state index in [1.165, 1.54) is 0 Å². The minimum absolute atomic E-state index is 0.500. The molecule has 5 nitrogen and oxygen atoms in total. The van der Waals surface area contributed by atoms with Gasteiger partial charge in [0, 0.05) is 38.0 Å². The van der Waals surface area contributed by atoms with E-state index in [1.54, 1.807) is 11.3 Å². The van der Waals surface area contributed by atoms with Crippen molar-refractivity contribution < 1.29 is 0 Å². The van der Waals surface area contributed by atoms with Gasteiger partial charge in [0.05, 0.1) is 10.7 Å². The SMILES string of the molecule is CCN(CC)C(C)CNC(=NC)NCCc1csc(C)n1. The lowest BCUT2D eigenvalue weighted by atomic mass is 10.3. The summed E-state index contributed by atoms with van der Waals surface area (Å²) in [5.41, 5.74) is 1.15. The van der Waals surface area contributed by atoms with Gasteiger partial charge in [0.2, 0.25) is 0 Å². The molecule has 120 valence electrons. The van der Waals surface area contributed by atoms with Crippen LogP contribution < -0.4 is 10.6 Å². The molecule has 1 heterocycles. The smallest absolute Gasteiger partial charge is 0.191 e. The standard InChI is InChI=1S/C15H29N5S/c1-6-20(7-2)12(3)10-18-15(16-5)17-9-8-14-11-21-13(4)19-14/h11-12H,6-10H2,1-5H3,(H2,16,17,18). The molecule has 0 saturated carbocycles. The lowest BCUT2D eigenvalue weighted by molar-refractivity contribution is 0.231. The Bertz CT molecular complexity index is 425. The molecule has 1 aromatic heterocycles. The topological polar surface area (TPSA) is 52.5 Å². The average Bonchev–Trinajstić information content (AvgIpc) is 2.89. The average molecular weight is 311 g/mol. The van der Waals surface area contributed by atoms with Gasteiger partial charge in [-0.1, -0.05) is 13.8 Å². The molecule has 21 heavy (non-hydrogen) atoms. The molecule has 0 spiro atoms. The van der Waals surface area contributed by atoms with Crippen molar-refractivity contribution in [2.24, 2.45) is 4.99 Å². The van der Waals surface area contributed by atoms with Crippen LogP contribution in [0, 0.1) is 6.92 Å². The number of nitrogens with one attached hydrogen (secondary N) is 2. The van der Waals surface area contributed by atoms with Crippen molar-refractivity contribution in [3.8, 4) is 0 Å². The Morgan fingerprint density at radius 2 is 2.10 bits per heavy atom. The highest BCUT2D eigenvalue weighted by molar-refractivity contribution is 7.09. The Labute approximate surface area is 132 Å². The molecule has 0 aliphatic rings. The molecule has 0 aromatic carbocycles. The molecule has 0 bridgehead atoms. The van der Waals surface area contributed by atoms with Gasteiger partial charge in [0.1, 0.15) is 0 Å². The Balaban J connectivity index is 2.29. The zero-order valence-corrected chi connectivity index (χ0v) is 14.8. The fourth-order valence-electron chi connectivity index (χ4n) is 2.27. The van der Waals surface area contributed by atoms with Crippen LogP contribution in [0.5, 0.6) is 0 Å². The van der Waals surface area contributed by atoms with Crippen molar-refractivity contribution in [1.82, 2.24) is 20.5 Å². The number of guanidine groups is 1. The first-order valence-electron chi connectivity index (χ1n) is 7.70.